The lowest BCUT2D eigenvalue weighted by molar-refractivity contribution is 0.102. The second kappa shape index (κ2) is 7.49. The number of carbonyl (C=O) groups excluding carboxylic acids is 1. The minimum atomic E-state index is -0.139. The number of amides is 1. The van der Waals surface area contributed by atoms with Crippen molar-refractivity contribution in [2.24, 2.45) is 0 Å². The molecule has 0 fully saturated rings. The van der Waals surface area contributed by atoms with Crippen LogP contribution in [0.2, 0.25) is 0 Å². The van der Waals surface area contributed by atoms with Gasteiger partial charge in [0, 0.05) is 10.9 Å². The van der Waals surface area contributed by atoms with Crippen LogP contribution in [0.3, 0.4) is 0 Å². The summed E-state index contributed by atoms with van der Waals surface area (Å²) in [6.07, 6.45) is 0.855. The van der Waals surface area contributed by atoms with E-state index in [2.05, 4.69) is 46.7 Å². The normalized spacial score (nSPS) is 11.0. The van der Waals surface area contributed by atoms with E-state index >= 15 is 0 Å². The Balaban J connectivity index is 1.35. The molecule has 29 heavy (non-hydrogen) atoms. The number of carbonyl (C=O) groups is 1. The van der Waals surface area contributed by atoms with Crippen molar-refractivity contribution in [2.45, 2.75) is 6.42 Å². The van der Waals surface area contributed by atoms with Gasteiger partial charge in [0.05, 0.1) is 10.2 Å². The molecule has 0 bridgehead atoms. The Bertz CT molecular complexity index is 1310. The van der Waals surface area contributed by atoms with Gasteiger partial charge in [-0.25, -0.2) is 4.98 Å². The monoisotopic (exact) mass is 394 g/mol. The molecule has 4 heteroatoms. The van der Waals surface area contributed by atoms with Crippen LogP contribution < -0.4 is 5.32 Å². The standard InChI is InChI=1S/C25H18N2OS/c28-24(20-12-10-18(11-13-20)16-17-6-2-1-3-7-17)27-25-26-23-21-9-5-4-8-19(21)14-15-22(23)29-25/h1-15H,16H2,(H,26,27,28). The smallest absolute Gasteiger partial charge is 0.257 e. The molecule has 140 valence electrons. The minimum Gasteiger partial charge on any atom is -0.298 e. The minimum absolute atomic E-state index is 0.139. The highest BCUT2D eigenvalue weighted by Crippen LogP contribution is 2.31. The van der Waals surface area contributed by atoms with Crippen LogP contribution in [-0.2, 0) is 6.42 Å². The van der Waals surface area contributed by atoms with Gasteiger partial charge in [-0.15, -0.1) is 0 Å². The van der Waals surface area contributed by atoms with Gasteiger partial charge in [0.2, 0.25) is 0 Å². The second-order valence-electron chi connectivity index (χ2n) is 6.97. The first-order chi connectivity index (χ1) is 14.3. The molecule has 1 heterocycles. The largest absolute Gasteiger partial charge is 0.298 e. The van der Waals surface area contributed by atoms with Crippen molar-refractivity contribution in [3.8, 4) is 0 Å². The van der Waals surface area contributed by atoms with Crippen LogP contribution in [0.25, 0.3) is 21.0 Å². The first-order valence-electron chi connectivity index (χ1n) is 9.49. The maximum Gasteiger partial charge on any atom is 0.257 e. The number of thiazole rings is 1. The van der Waals surface area contributed by atoms with Crippen molar-refractivity contribution >= 4 is 43.4 Å². The molecule has 0 saturated carbocycles. The molecule has 1 amide bonds. The Morgan fingerprint density at radius 1 is 0.793 bits per heavy atom. The zero-order valence-corrected chi connectivity index (χ0v) is 16.4. The van der Waals surface area contributed by atoms with Crippen molar-refractivity contribution in [3.63, 3.8) is 0 Å². The highest BCUT2D eigenvalue weighted by atomic mass is 32.1. The Labute approximate surface area is 172 Å². The molecule has 0 aliphatic carbocycles. The number of nitrogens with one attached hydrogen (secondary N) is 1. The highest BCUT2D eigenvalue weighted by Gasteiger charge is 2.11. The summed E-state index contributed by atoms with van der Waals surface area (Å²) in [5.41, 5.74) is 4.00. The lowest BCUT2D eigenvalue weighted by atomic mass is 10.0. The number of nitrogens with zero attached hydrogens (tertiary/aromatic N) is 1. The predicted molar refractivity (Wildman–Crippen MR) is 121 cm³/mol. The van der Waals surface area contributed by atoms with Crippen LogP contribution in [0.5, 0.6) is 0 Å². The van der Waals surface area contributed by atoms with Crippen molar-refractivity contribution in [3.05, 3.63) is 108 Å². The van der Waals surface area contributed by atoms with E-state index in [0.717, 1.165) is 27.4 Å². The van der Waals surface area contributed by atoms with Gasteiger partial charge in [0.15, 0.2) is 5.13 Å². The van der Waals surface area contributed by atoms with E-state index in [1.54, 1.807) is 0 Å². The Morgan fingerprint density at radius 2 is 1.52 bits per heavy atom. The van der Waals surface area contributed by atoms with E-state index in [4.69, 9.17) is 0 Å². The van der Waals surface area contributed by atoms with Crippen molar-refractivity contribution < 1.29 is 4.79 Å². The summed E-state index contributed by atoms with van der Waals surface area (Å²) < 4.78 is 1.07. The molecule has 4 aromatic carbocycles. The van der Waals surface area contributed by atoms with Crippen LogP contribution in [0, 0.1) is 0 Å². The molecule has 0 spiro atoms. The summed E-state index contributed by atoms with van der Waals surface area (Å²) in [6.45, 7) is 0. The molecule has 0 aliphatic heterocycles. The molecule has 0 radical (unpaired) electrons. The predicted octanol–water partition coefficient (Wildman–Crippen LogP) is 6.29. The summed E-state index contributed by atoms with van der Waals surface area (Å²) in [4.78, 5) is 17.3. The van der Waals surface area contributed by atoms with Gasteiger partial charge < -0.3 is 0 Å². The Hall–Kier alpha value is -3.50. The average Bonchev–Trinajstić information content (AvgIpc) is 3.18. The van der Waals surface area contributed by atoms with E-state index in [9.17, 15) is 4.79 Å². The van der Waals surface area contributed by atoms with E-state index in [-0.39, 0.29) is 5.91 Å². The van der Waals surface area contributed by atoms with Crippen LogP contribution in [0.1, 0.15) is 21.5 Å². The number of aromatic nitrogens is 1. The molecule has 0 unspecified atom stereocenters. The molecule has 1 N–H and O–H groups in total. The second-order valence-corrected chi connectivity index (χ2v) is 8.00. The van der Waals surface area contributed by atoms with Gasteiger partial charge in [-0.2, -0.15) is 0 Å². The fourth-order valence-electron chi connectivity index (χ4n) is 3.49. The number of benzene rings is 4. The first kappa shape index (κ1) is 17.6. The summed E-state index contributed by atoms with van der Waals surface area (Å²) in [5, 5.41) is 5.82. The van der Waals surface area contributed by atoms with Crippen LogP contribution in [-0.4, -0.2) is 10.9 Å². The third-order valence-corrected chi connectivity index (χ3v) is 5.91. The maximum absolute atomic E-state index is 12.7. The topological polar surface area (TPSA) is 42.0 Å². The molecule has 5 rings (SSSR count). The zero-order chi connectivity index (χ0) is 19.6. The molecule has 1 aromatic heterocycles. The van der Waals surface area contributed by atoms with Gasteiger partial charge in [-0.3, -0.25) is 10.1 Å². The summed E-state index contributed by atoms with van der Waals surface area (Å²) in [7, 11) is 0. The Kier molecular flexibility index (Phi) is 4.54. The average molecular weight is 394 g/mol. The van der Waals surface area contributed by atoms with E-state index in [0.29, 0.717) is 10.7 Å². The van der Waals surface area contributed by atoms with Gasteiger partial charge >= 0.3 is 0 Å². The third-order valence-electron chi connectivity index (χ3n) is 4.97. The number of rotatable bonds is 4. The van der Waals surface area contributed by atoms with Gasteiger partial charge in [-0.1, -0.05) is 84.1 Å². The van der Waals surface area contributed by atoms with Crippen LogP contribution in [0.4, 0.5) is 5.13 Å². The van der Waals surface area contributed by atoms with E-state index < -0.39 is 0 Å². The first-order valence-corrected chi connectivity index (χ1v) is 10.3. The van der Waals surface area contributed by atoms with Gasteiger partial charge in [0.1, 0.15) is 0 Å². The Morgan fingerprint density at radius 3 is 2.34 bits per heavy atom. The van der Waals surface area contributed by atoms with Crippen molar-refractivity contribution in [1.82, 2.24) is 4.98 Å². The summed E-state index contributed by atoms with van der Waals surface area (Å²) in [6, 6.07) is 30.4. The quantitative estimate of drug-likeness (QED) is 0.389. The fourth-order valence-corrected chi connectivity index (χ4v) is 4.37. The van der Waals surface area contributed by atoms with Gasteiger partial charge in [-0.05, 0) is 41.1 Å². The van der Waals surface area contributed by atoms with E-state index in [1.807, 2.05) is 54.6 Å². The molecular formula is C25H18N2OS. The third kappa shape index (κ3) is 3.62. The maximum atomic E-state index is 12.7. The van der Waals surface area contributed by atoms with Crippen molar-refractivity contribution in [2.75, 3.05) is 5.32 Å². The molecule has 3 nitrogen and oxygen atoms in total. The summed E-state index contributed by atoms with van der Waals surface area (Å²) >= 11 is 1.50. The van der Waals surface area contributed by atoms with Crippen LogP contribution in [0.15, 0.2) is 91.0 Å². The zero-order valence-electron chi connectivity index (χ0n) is 15.6. The number of anilines is 1. The molecule has 5 aromatic rings. The number of hydrogen-bond acceptors (Lipinski definition) is 3. The van der Waals surface area contributed by atoms with Crippen LogP contribution >= 0.6 is 11.3 Å². The molecule has 0 aliphatic rings. The number of fused-ring (bicyclic) bond motifs is 3. The molecular weight excluding hydrogens is 376 g/mol. The van der Waals surface area contributed by atoms with Crippen molar-refractivity contribution in [1.29, 1.82) is 0 Å². The number of hydrogen-bond donors (Lipinski definition) is 1. The highest BCUT2D eigenvalue weighted by molar-refractivity contribution is 7.22. The van der Waals surface area contributed by atoms with E-state index in [1.165, 1.54) is 22.5 Å². The van der Waals surface area contributed by atoms with Gasteiger partial charge in [0.25, 0.3) is 5.91 Å². The molecule has 0 saturated heterocycles. The molecule has 0 atom stereocenters. The lowest BCUT2D eigenvalue weighted by Crippen LogP contribution is -2.11. The fraction of sp³-hybridized carbons (Fsp3) is 0.0400. The lowest BCUT2D eigenvalue weighted by Gasteiger charge is -2.05. The SMILES string of the molecule is O=C(Nc1nc2c(ccc3ccccc32)s1)c1ccc(Cc2ccccc2)cc1. The summed E-state index contributed by atoms with van der Waals surface area (Å²) in [5.74, 6) is -0.139.